The van der Waals surface area contributed by atoms with Crippen LogP contribution < -0.4 is 5.32 Å². The summed E-state index contributed by atoms with van der Waals surface area (Å²) < 4.78 is 22.7. The van der Waals surface area contributed by atoms with Gasteiger partial charge in [0.15, 0.2) is 12.6 Å². The van der Waals surface area contributed by atoms with Crippen LogP contribution in [0.4, 0.5) is 0 Å². The maximum atomic E-state index is 13.2. The average Bonchev–Trinajstić information content (AvgIpc) is 3.43. The molecule has 2 aliphatic heterocycles. The van der Waals surface area contributed by atoms with Gasteiger partial charge in [0.05, 0.1) is 32.0 Å². The zero-order chi connectivity index (χ0) is 56.0. The van der Waals surface area contributed by atoms with Gasteiger partial charge in [0.1, 0.15) is 48.8 Å². The highest BCUT2D eigenvalue weighted by molar-refractivity contribution is 5.76. The van der Waals surface area contributed by atoms with Crippen molar-refractivity contribution in [3.05, 3.63) is 12.2 Å². The molecule has 0 aromatic carbocycles. The number of rotatable bonds is 53. The Morgan fingerprint density at radius 1 is 0.455 bits per heavy atom. The average molecular weight is 1100 g/mol. The van der Waals surface area contributed by atoms with Crippen LogP contribution in [-0.4, -0.2) is 140 Å². The largest absolute Gasteiger partial charge is 0.394 e. The summed E-state index contributed by atoms with van der Waals surface area (Å²) in [4.78, 5) is 13.2. The van der Waals surface area contributed by atoms with E-state index in [1.165, 1.54) is 225 Å². The third-order valence-electron chi connectivity index (χ3n) is 16.2. The molecular formula is C63H121NO13. The molecule has 456 valence electrons. The second-order valence-electron chi connectivity index (χ2n) is 23.3. The van der Waals surface area contributed by atoms with Gasteiger partial charge in [0.25, 0.3) is 0 Å². The molecule has 0 aromatic rings. The van der Waals surface area contributed by atoms with Crippen LogP contribution in [0.1, 0.15) is 290 Å². The molecule has 12 atom stereocenters. The first-order valence-electron chi connectivity index (χ1n) is 32.4. The Morgan fingerprint density at radius 3 is 1.19 bits per heavy atom. The number of carbonyl (C=O) groups is 1. The lowest BCUT2D eigenvalue weighted by atomic mass is 9.97. The summed E-state index contributed by atoms with van der Waals surface area (Å²) in [5, 5.41) is 86.8. The van der Waals surface area contributed by atoms with E-state index in [1.54, 1.807) is 6.08 Å². The highest BCUT2D eigenvalue weighted by atomic mass is 16.7. The van der Waals surface area contributed by atoms with Crippen LogP contribution in [0.2, 0.25) is 0 Å². The van der Waals surface area contributed by atoms with Crippen LogP contribution in [0.3, 0.4) is 0 Å². The van der Waals surface area contributed by atoms with E-state index in [0.717, 1.165) is 38.5 Å². The maximum absolute atomic E-state index is 13.2. The van der Waals surface area contributed by atoms with E-state index in [0.29, 0.717) is 6.42 Å². The highest BCUT2D eigenvalue weighted by Gasteiger charge is 2.51. The number of nitrogens with one attached hydrogen (secondary N) is 1. The van der Waals surface area contributed by atoms with Crippen molar-refractivity contribution in [1.82, 2.24) is 5.32 Å². The lowest BCUT2D eigenvalue weighted by molar-refractivity contribution is -0.359. The third-order valence-corrected chi connectivity index (χ3v) is 16.2. The van der Waals surface area contributed by atoms with Crippen LogP contribution in [0.5, 0.6) is 0 Å². The summed E-state index contributed by atoms with van der Waals surface area (Å²) in [5.41, 5.74) is 0. The molecule has 9 N–H and O–H groups in total. The number of carbonyl (C=O) groups excluding carboxylic acids is 1. The van der Waals surface area contributed by atoms with E-state index < -0.39 is 86.8 Å². The van der Waals surface area contributed by atoms with Gasteiger partial charge < -0.3 is 65.1 Å². The van der Waals surface area contributed by atoms with Crippen molar-refractivity contribution in [2.75, 3.05) is 19.8 Å². The number of ether oxygens (including phenoxy) is 4. The van der Waals surface area contributed by atoms with Crippen molar-refractivity contribution in [1.29, 1.82) is 0 Å². The van der Waals surface area contributed by atoms with Gasteiger partial charge in [-0.1, -0.05) is 276 Å². The molecule has 2 rings (SSSR count). The molecule has 2 fully saturated rings. The predicted octanol–water partition coefficient (Wildman–Crippen LogP) is 11.8. The number of hydrogen-bond acceptors (Lipinski definition) is 13. The Balaban J connectivity index is 1.55. The van der Waals surface area contributed by atoms with Crippen LogP contribution in [0.15, 0.2) is 12.2 Å². The van der Waals surface area contributed by atoms with Crippen molar-refractivity contribution in [3.8, 4) is 0 Å². The second-order valence-corrected chi connectivity index (χ2v) is 23.3. The summed E-state index contributed by atoms with van der Waals surface area (Å²) >= 11 is 0. The highest BCUT2D eigenvalue weighted by Crippen LogP contribution is 2.30. The summed E-state index contributed by atoms with van der Waals surface area (Å²) in [5.74, 6) is -0.236. The zero-order valence-corrected chi connectivity index (χ0v) is 49.2. The summed E-state index contributed by atoms with van der Waals surface area (Å²) in [6.45, 7) is 2.79. The number of hydrogen-bond donors (Lipinski definition) is 9. The van der Waals surface area contributed by atoms with E-state index in [4.69, 9.17) is 18.9 Å². The van der Waals surface area contributed by atoms with Crippen LogP contribution in [-0.2, 0) is 23.7 Å². The standard InChI is InChI=1S/C63H121NO13/c1-3-5-7-9-11-13-14-15-16-17-18-19-20-21-22-23-24-25-26-27-28-29-30-31-32-33-34-35-36-37-39-41-43-45-47-55(68)64-51(52(67)46-44-42-40-38-12-10-8-6-4-2)50-74-62-60(73)58(71)61(54(49-66)76-62)77-63-59(72)57(70)56(69)53(48-65)75-63/h44,46,51-54,56-63,65-67,69-73H,3-43,45,47-50H2,1-2H3,(H,64,68)/b46-44+. The minimum atomic E-state index is -1.78. The van der Waals surface area contributed by atoms with Gasteiger partial charge in [-0.05, 0) is 19.3 Å². The lowest BCUT2D eigenvalue weighted by Crippen LogP contribution is -2.65. The molecule has 1 amide bonds. The Kier molecular flexibility index (Phi) is 46.0. The third kappa shape index (κ3) is 34.7. The fraction of sp³-hybridized carbons (Fsp3) is 0.952. The van der Waals surface area contributed by atoms with Gasteiger partial charge in [-0.2, -0.15) is 0 Å². The van der Waals surface area contributed by atoms with E-state index in [1.807, 2.05) is 6.08 Å². The van der Waals surface area contributed by atoms with E-state index >= 15 is 0 Å². The fourth-order valence-electron chi connectivity index (χ4n) is 11.0. The second kappa shape index (κ2) is 49.3. The molecule has 77 heavy (non-hydrogen) atoms. The van der Waals surface area contributed by atoms with E-state index in [-0.39, 0.29) is 18.9 Å². The maximum Gasteiger partial charge on any atom is 0.220 e. The van der Waals surface area contributed by atoms with Gasteiger partial charge in [-0.3, -0.25) is 4.79 Å². The van der Waals surface area contributed by atoms with E-state index in [9.17, 15) is 45.6 Å². The van der Waals surface area contributed by atoms with Gasteiger partial charge in [0, 0.05) is 6.42 Å². The summed E-state index contributed by atoms with van der Waals surface area (Å²) in [6, 6.07) is -0.908. The molecule has 0 aromatic heterocycles. The summed E-state index contributed by atoms with van der Waals surface area (Å²) in [6.07, 6.45) is 41.7. The van der Waals surface area contributed by atoms with Gasteiger partial charge >= 0.3 is 0 Å². The number of allylic oxidation sites excluding steroid dienone is 1. The number of amides is 1. The first-order chi connectivity index (χ1) is 37.6. The molecule has 2 heterocycles. The molecule has 0 bridgehead atoms. The van der Waals surface area contributed by atoms with Gasteiger partial charge in [-0.15, -0.1) is 0 Å². The van der Waals surface area contributed by atoms with Gasteiger partial charge in [0.2, 0.25) is 5.91 Å². The molecule has 12 unspecified atom stereocenters. The molecule has 14 heteroatoms. The predicted molar refractivity (Wildman–Crippen MR) is 309 cm³/mol. The van der Waals surface area contributed by atoms with Crippen molar-refractivity contribution in [2.24, 2.45) is 0 Å². The van der Waals surface area contributed by atoms with Crippen LogP contribution >= 0.6 is 0 Å². The number of aliphatic hydroxyl groups is 8. The first kappa shape index (κ1) is 71.8. The molecule has 0 radical (unpaired) electrons. The first-order valence-corrected chi connectivity index (χ1v) is 32.4. The smallest absolute Gasteiger partial charge is 0.220 e. The molecule has 0 spiro atoms. The lowest BCUT2D eigenvalue weighted by Gasteiger charge is -2.46. The minimum Gasteiger partial charge on any atom is -0.394 e. The fourth-order valence-corrected chi connectivity index (χ4v) is 11.0. The SMILES string of the molecule is CCCCCCCCC/C=C/C(O)C(COC1OC(CO)C(OC2OC(CO)C(O)C(O)C2O)C(O)C1O)NC(=O)CCCCCCCCCCCCCCCCCCCCCCCCCCCCCCCCCCCC. The molecule has 0 saturated carbocycles. The quantitative estimate of drug-likeness (QED) is 0.0204. The topological polar surface area (TPSA) is 228 Å². The minimum absolute atomic E-state index is 0.236. The summed E-state index contributed by atoms with van der Waals surface area (Å²) in [7, 11) is 0. The van der Waals surface area contributed by atoms with Crippen molar-refractivity contribution in [2.45, 2.75) is 364 Å². The molecule has 2 saturated heterocycles. The van der Waals surface area contributed by atoms with Crippen molar-refractivity contribution >= 4 is 5.91 Å². The van der Waals surface area contributed by atoms with E-state index in [2.05, 4.69) is 19.2 Å². The normalized spacial score (nSPS) is 24.7. The monoisotopic (exact) mass is 1100 g/mol. The molecule has 0 aliphatic carbocycles. The molecule has 2 aliphatic rings. The molecule has 14 nitrogen and oxygen atoms in total. The Hall–Kier alpha value is -1.27. The zero-order valence-electron chi connectivity index (χ0n) is 49.2. The van der Waals surface area contributed by atoms with Crippen molar-refractivity contribution < 1.29 is 64.6 Å². The molecular weight excluding hydrogens is 979 g/mol. The van der Waals surface area contributed by atoms with Crippen LogP contribution in [0, 0.1) is 0 Å². The van der Waals surface area contributed by atoms with Crippen LogP contribution in [0.25, 0.3) is 0 Å². The Morgan fingerprint density at radius 2 is 0.805 bits per heavy atom. The number of unbranched alkanes of at least 4 members (excludes halogenated alkanes) is 40. The van der Waals surface area contributed by atoms with Gasteiger partial charge in [-0.25, -0.2) is 0 Å². The Bertz CT molecular complexity index is 1340. The number of aliphatic hydroxyl groups excluding tert-OH is 8. The Labute approximate surface area is 469 Å². The van der Waals surface area contributed by atoms with Crippen molar-refractivity contribution in [3.63, 3.8) is 0 Å².